The summed E-state index contributed by atoms with van der Waals surface area (Å²) in [5, 5.41) is 7.57. The zero-order chi connectivity index (χ0) is 26.0. The summed E-state index contributed by atoms with van der Waals surface area (Å²) in [5.74, 6) is 1.06. The van der Waals surface area contributed by atoms with Gasteiger partial charge in [-0.2, -0.15) is 13.2 Å². The van der Waals surface area contributed by atoms with E-state index in [2.05, 4.69) is 9.72 Å². The number of methoxy groups -OCH3 is 1. The number of aryl methyl sites for hydroxylation is 1. The Labute approximate surface area is 202 Å². The SMILES string of the molecule is CCO.COC.Cc1cccc(N2CCc3ccc(Oc4ccc(C(F)(F)F)cc4)cc3C2=O)n1. The van der Waals surface area contributed by atoms with Crippen LogP contribution in [0.5, 0.6) is 11.5 Å². The van der Waals surface area contributed by atoms with Crippen LogP contribution in [0.15, 0.2) is 60.7 Å². The molecule has 1 amide bonds. The Hall–Kier alpha value is -3.43. The number of rotatable bonds is 3. The highest BCUT2D eigenvalue weighted by Gasteiger charge is 2.30. The van der Waals surface area contributed by atoms with Crippen molar-refractivity contribution in [3.8, 4) is 11.5 Å². The molecule has 2 heterocycles. The Balaban J connectivity index is 0.000000655. The Morgan fingerprint density at radius 1 is 1.03 bits per heavy atom. The molecule has 0 atom stereocenters. The molecule has 3 aromatic rings. The number of aliphatic hydroxyl groups is 1. The summed E-state index contributed by atoms with van der Waals surface area (Å²) < 4.78 is 48.0. The van der Waals surface area contributed by atoms with E-state index >= 15 is 0 Å². The normalized spacial score (nSPS) is 12.6. The number of carbonyl (C=O) groups is 1. The molecule has 0 saturated heterocycles. The molecule has 9 heteroatoms. The standard InChI is InChI=1S/C22H17F3N2O2.2C2H6O/c1-14-3-2-4-20(26-14)27-12-11-15-5-8-18(13-19(15)21(27)28)29-17-9-6-16(7-10-17)22(23,24)25;1-3-2;1-2-3/h2-10,13H,11-12H2,1H3;1-2H3;3H,2H2,1H3. The molecule has 188 valence electrons. The fourth-order valence-electron chi connectivity index (χ4n) is 3.26. The van der Waals surface area contributed by atoms with Crippen molar-refractivity contribution in [2.24, 2.45) is 0 Å². The molecule has 1 aliphatic rings. The van der Waals surface area contributed by atoms with Crippen molar-refractivity contribution in [1.29, 1.82) is 0 Å². The molecule has 0 bridgehead atoms. The van der Waals surface area contributed by atoms with Gasteiger partial charge in [0.25, 0.3) is 5.91 Å². The number of halogens is 3. The highest BCUT2D eigenvalue weighted by Crippen LogP contribution is 2.32. The van der Waals surface area contributed by atoms with Crippen molar-refractivity contribution >= 4 is 11.7 Å². The molecule has 1 aromatic heterocycles. The van der Waals surface area contributed by atoms with E-state index in [4.69, 9.17) is 9.84 Å². The van der Waals surface area contributed by atoms with E-state index in [1.54, 1.807) is 44.2 Å². The average Bonchev–Trinajstić information content (AvgIpc) is 2.80. The van der Waals surface area contributed by atoms with Crippen molar-refractivity contribution in [3.05, 3.63) is 83.0 Å². The maximum Gasteiger partial charge on any atom is 0.416 e. The minimum absolute atomic E-state index is 0.179. The zero-order valence-electron chi connectivity index (χ0n) is 20.1. The van der Waals surface area contributed by atoms with E-state index < -0.39 is 11.7 Å². The Bertz CT molecular complexity index is 1100. The molecule has 0 spiro atoms. The molecule has 4 rings (SSSR count). The van der Waals surface area contributed by atoms with Crippen molar-refractivity contribution in [2.45, 2.75) is 26.4 Å². The van der Waals surface area contributed by atoms with Crippen LogP contribution in [-0.4, -0.2) is 43.4 Å². The number of nitrogens with zero attached hydrogens (tertiary/aromatic N) is 2. The Morgan fingerprint density at radius 2 is 1.63 bits per heavy atom. The van der Waals surface area contributed by atoms with Crippen LogP contribution >= 0.6 is 0 Å². The molecule has 0 radical (unpaired) electrons. The third kappa shape index (κ3) is 7.80. The number of anilines is 1. The monoisotopic (exact) mass is 490 g/mol. The minimum Gasteiger partial charge on any atom is -0.457 e. The van der Waals surface area contributed by atoms with Gasteiger partial charge < -0.3 is 14.6 Å². The topological polar surface area (TPSA) is 71.9 Å². The quantitative estimate of drug-likeness (QED) is 0.513. The molecule has 6 nitrogen and oxygen atoms in total. The van der Waals surface area contributed by atoms with Gasteiger partial charge in [0.2, 0.25) is 0 Å². The number of carbonyl (C=O) groups excluding carboxylic acids is 1. The molecule has 1 N–H and O–H groups in total. The predicted octanol–water partition coefficient (Wildman–Crippen LogP) is 5.67. The summed E-state index contributed by atoms with van der Waals surface area (Å²) in [5.41, 5.74) is 1.48. The molecule has 0 aliphatic carbocycles. The molecule has 0 unspecified atom stereocenters. The molecule has 35 heavy (non-hydrogen) atoms. The van der Waals surface area contributed by atoms with Gasteiger partial charge in [-0.1, -0.05) is 12.1 Å². The summed E-state index contributed by atoms with van der Waals surface area (Å²) in [6.07, 6.45) is -3.72. The highest BCUT2D eigenvalue weighted by atomic mass is 19.4. The van der Waals surface area contributed by atoms with Gasteiger partial charge in [0, 0.05) is 38.6 Å². The summed E-state index contributed by atoms with van der Waals surface area (Å²) >= 11 is 0. The number of fused-ring (bicyclic) bond motifs is 1. The van der Waals surface area contributed by atoms with Crippen LogP contribution in [0.2, 0.25) is 0 Å². The Morgan fingerprint density at radius 3 is 2.20 bits per heavy atom. The third-order valence-corrected chi connectivity index (χ3v) is 4.73. The maximum absolute atomic E-state index is 13.0. The number of hydrogen-bond donors (Lipinski definition) is 1. The van der Waals surface area contributed by atoms with Gasteiger partial charge in [-0.3, -0.25) is 9.69 Å². The van der Waals surface area contributed by atoms with E-state index in [1.165, 1.54) is 12.1 Å². The first-order chi connectivity index (χ1) is 16.6. The average molecular weight is 491 g/mol. The molecule has 1 aliphatic heterocycles. The Kier molecular flexibility index (Phi) is 10.2. The maximum atomic E-state index is 13.0. The van der Waals surface area contributed by atoms with E-state index in [1.807, 2.05) is 25.1 Å². The summed E-state index contributed by atoms with van der Waals surface area (Å²) in [6, 6.07) is 15.1. The van der Waals surface area contributed by atoms with Crippen molar-refractivity contribution in [3.63, 3.8) is 0 Å². The lowest BCUT2D eigenvalue weighted by atomic mass is 9.98. The predicted molar refractivity (Wildman–Crippen MR) is 128 cm³/mol. The van der Waals surface area contributed by atoms with E-state index in [-0.39, 0.29) is 18.3 Å². The van der Waals surface area contributed by atoms with Gasteiger partial charge in [0.05, 0.1) is 5.56 Å². The first kappa shape index (κ1) is 27.8. The van der Waals surface area contributed by atoms with Crippen LogP contribution in [0.4, 0.5) is 19.0 Å². The highest BCUT2D eigenvalue weighted by molar-refractivity contribution is 6.08. The van der Waals surface area contributed by atoms with E-state index in [9.17, 15) is 18.0 Å². The van der Waals surface area contributed by atoms with Crippen molar-refractivity contribution < 1.29 is 32.5 Å². The fourth-order valence-corrected chi connectivity index (χ4v) is 3.26. The van der Waals surface area contributed by atoms with Gasteiger partial charge in [-0.05, 0) is 74.4 Å². The lowest BCUT2D eigenvalue weighted by molar-refractivity contribution is -0.137. The van der Waals surface area contributed by atoms with Gasteiger partial charge in [0.1, 0.15) is 17.3 Å². The second kappa shape index (κ2) is 12.9. The summed E-state index contributed by atoms with van der Waals surface area (Å²) in [7, 11) is 3.25. The number of aliphatic hydroxyl groups excluding tert-OH is 1. The van der Waals surface area contributed by atoms with E-state index in [0.29, 0.717) is 30.1 Å². The first-order valence-electron chi connectivity index (χ1n) is 10.9. The molecular formula is C26H29F3N2O4. The van der Waals surface area contributed by atoms with Gasteiger partial charge in [-0.25, -0.2) is 4.98 Å². The number of pyridine rings is 1. The number of benzene rings is 2. The summed E-state index contributed by atoms with van der Waals surface area (Å²) in [4.78, 5) is 19.0. The van der Waals surface area contributed by atoms with Gasteiger partial charge >= 0.3 is 6.18 Å². The molecule has 2 aromatic carbocycles. The molecule has 0 fully saturated rings. The lowest BCUT2D eigenvalue weighted by Crippen LogP contribution is -2.38. The third-order valence-electron chi connectivity index (χ3n) is 4.73. The van der Waals surface area contributed by atoms with Crippen LogP contribution in [-0.2, 0) is 17.3 Å². The van der Waals surface area contributed by atoms with Gasteiger partial charge in [0.15, 0.2) is 0 Å². The zero-order valence-corrected chi connectivity index (χ0v) is 20.1. The number of ether oxygens (including phenoxy) is 2. The molecular weight excluding hydrogens is 461 g/mol. The van der Waals surface area contributed by atoms with Crippen molar-refractivity contribution in [1.82, 2.24) is 4.98 Å². The summed E-state index contributed by atoms with van der Waals surface area (Å²) in [6.45, 7) is 4.32. The first-order valence-corrected chi connectivity index (χ1v) is 10.9. The van der Waals surface area contributed by atoms with Crippen LogP contribution in [0, 0.1) is 6.92 Å². The smallest absolute Gasteiger partial charge is 0.416 e. The largest absolute Gasteiger partial charge is 0.457 e. The second-order valence-electron chi connectivity index (χ2n) is 7.51. The van der Waals surface area contributed by atoms with Gasteiger partial charge in [-0.15, -0.1) is 0 Å². The number of hydrogen-bond acceptors (Lipinski definition) is 5. The van der Waals surface area contributed by atoms with Crippen LogP contribution in [0.1, 0.15) is 34.1 Å². The fraction of sp³-hybridized carbons (Fsp3) is 0.308. The lowest BCUT2D eigenvalue weighted by Gasteiger charge is -2.28. The second-order valence-corrected chi connectivity index (χ2v) is 7.51. The number of alkyl halides is 3. The number of aromatic nitrogens is 1. The van der Waals surface area contributed by atoms with Crippen molar-refractivity contribution in [2.75, 3.05) is 32.3 Å². The van der Waals surface area contributed by atoms with Crippen LogP contribution in [0.3, 0.4) is 0 Å². The van der Waals surface area contributed by atoms with E-state index in [0.717, 1.165) is 23.4 Å². The minimum atomic E-state index is -4.40. The molecule has 0 saturated carbocycles. The van der Waals surface area contributed by atoms with Crippen LogP contribution < -0.4 is 9.64 Å². The van der Waals surface area contributed by atoms with Crippen LogP contribution in [0.25, 0.3) is 0 Å². The number of amides is 1.